The highest BCUT2D eigenvalue weighted by Crippen LogP contribution is 2.32. The Morgan fingerprint density at radius 1 is 1.26 bits per heavy atom. The first-order chi connectivity index (χ1) is 9.11. The molecular formula is C13H12N2O4. The molecule has 0 saturated carbocycles. The van der Waals surface area contributed by atoms with E-state index < -0.39 is 5.97 Å². The summed E-state index contributed by atoms with van der Waals surface area (Å²) in [6, 6.07) is 6.63. The van der Waals surface area contributed by atoms with Crippen LogP contribution in [0.3, 0.4) is 0 Å². The van der Waals surface area contributed by atoms with E-state index in [0.717, 1.165) is 5.56 Å². The maximum atomic E-state index is 11.0. The Morgan fingerprint density at radius 3 is 2.74 bits per heavy atom. The number of rotatable bonds is 4. The number of hydrogen-bond donors (Lipinski definition) is 1. The van der Waals surface area contributed by atoms with Gasteiger partial charge in [0.25, 0.3) is 5.88 Å². The van der Waals surface area contributed by atoms with Crippen molar-refractivity contribution < 1.29 is 19.4 Å². The van der Waals surface area contributed by atoms with Crippen molar-refractivity contribution in [3.8, 4) is 17.4 Å². The van der Waals surface area contributed by atoms with Gasteiger partial charge >= 0.3 is 5.97 Å². The van der Waals surface area contributed by atoms with Crippen LogP contribution >= 0.6 is 0 Å². The fraction of sp³-hybridized carbons (Fsp3) is 0.154. The average Bonchev–Trinajstić information content (AvgIpc) is 2.41. The third-order valence-corrected chi connectivity index (χ3v) is 2.44. The van der Waals surface area contributed by atoms with Crippen LogP contribution in [0.15, 0.2) is 30.5 Å². The first-order valence-electron chi connectivity index (χ1n) is 5.49. The number of carboxylic acid groups (broad SMARTS) is 1. The largest absolute Gasteiger partial charge is 0.493 e. The fourth-order valence-electron chi connectivity index (χ4n) is 1.52. The maximum Gasteiger partial charge on any atom is 0.341 e. The molecule has 0 radical (unpaired) electrons. The van der Waals surface area contributed by atoms with E-state index in [-0.39, 0.29) is 11.4 Å². The summed E-state index contributed by atoms with van der Waals surface area (Å²) in [5, 5.41) is 16.3. The number of nitrogens with zero attached hydrogens (tertiary/aromatic N) is 2. The number of ether oxygens (including phenoxy) is 2. The number of aromatic carboxylic acids is 1. The topological polar surface area (TPSA) is 81.5 Å². The van der Waals surface area contributed by atoms with Crippen LogP contribution in [-0.2, 0) is 0 Å². The van der Waals surface area contributed by atoms with E-state index in [2.05, 4.69) is 10.2 Å². The van der Waals surface area contributed by atoms with E-state index in [9.17, 15) is 4.79 Å². The smallest absolute Gasteiger partial charge is 0.341 e. The number of methoxy groups -OCH3 is 1. The Hall–Kier alpha value is -2.63. The van der Waals surface area contributed by atoms with Gasteiger partial charge in [-0.05, 0) is 30.7 Å². The first kappa shape index (κ1) is 12.8. The molecule has 19 heavy (non-hydrogen) atoms. The SMILES string of the molecule is COc1cc(C)ccc1Oc1nnccc1C(=O)O. The van der Waals surface area contributed by atoms with Gasteiger partial charge in [0.1, 0.15) is 5.56 Å². The predicted molar refractivity (Wildman–Crippen MR) is 66.8 cm³/mol. The summed E-state index contributed by atoms with van der Waals surface area (Å²) >= 11 is 0. The molecule has 0 saturated heterocycles. The second kappa shape index (κ2) is 5.34. The zero-order valence-electron chi connectivity index (χ0n) is 10.5. The van der Waals surface area contributed by atoms with E-state index >= 15 is 0 Å². The number of aryl methyl sites for hydroxylation is 1. The molecule has 1 aromatic heterocycles. The number of carbonyl (C=O) groups is 1. The second-order valence-electron chi connectivity index (χ2n) is 3.81. The summed E-state index contributed by atoms with van der Waals surface area (Å²) in [5.41, 5.74) is 0.944. The zero-order valence-corrected chi connectivity index (χ0v) is 10.5. The summed E-state index contributed by atoms with van der Waals surface area (Å²) in [5.74, 6) is -0.314. The lowest BCUT2D eigenvalue weighted by Gasteiger charge is -2.10. The molecule has 6 heteroatoms. The highest BCUT2D eigenvalue weighted by atomic mass is 16.5. The minimum absolute atomic E-state index is 0.0578. The van der Waals surface area contributed by atoms with Crippen molar-refractivity contribution in [3.05, 3.63) is 41.6 Å². The highest BCUT2D eigenvalue weighted by molar-refractivity contribution is 5.90. The van der Waals surface area contributed by atoms with E-state index in [1.54, 1.807) is 12.1 Å². The number of carboxylic acids is 1. The summed E-state index contributed by atoms with van der Waals surface area (Å²) in [7, 11) is 1.51. The van der Waals surface area contributed by atoms with Crippen LogP contribution in [0.25, 0.3) is 0 Å². The van der Waals surface area contributed by atoms with Gasteiger partial charge in [-0.2, -0.15) is 5.10 Å². The van der Waals surface area contributed by atoms with Crippen molar-refractivity contribution in [1.82, 2.24) is 10.2 Å². The molecule has 0 fully saturated rings. The molecule has 0 aliphatic carbocycles. The Morgan fingerprint density at radius 2 is 2.05 bits per heavy atom. The predicted octanol–water partition coefficient (Wildman–Crippen LogP) is 2.28. The number of aromatic nitrogens is 2. The molecule has 2 rings (SSSR count). The molecule has 1 N–H and O–H groups in total. The van der Waals surface area contributed by atoms with Crippen molar-refractivity contribution in [2.75, 3.05) is 7.11 Å². The van der Waals surface area contributed by atoms with Gasteiger partial charge in [-0.3, -0.25) is 0 Å². The van der Waals surface area contributed by atoms with Gasteiger partial charge in [0.2, 0.25) is 0 Å². The number of hydrogen-bond acceptors (Lipinski definition) is 5. The van der Waals surface area contributed by atoms with Gasteiger partial charge in [0.05, 0.1) is 13.3 Å². The third-order valence-electron chi connectivity index (χ3n) is 2.44. The van der Waals surface area contributed by atoms with E-state index in [0.29, 0.717) is 11.5 Å². The third kappa shape index (κ3) is 2.79. The van der Waals surface area contributed by atoms with Crippen molar-refractivity contribution in [2.24, 2.45) is 0 Å². The summed E-state index contributed by atoms with van der Waals surface area (Å²) in [4.78, 5) is 11.0. The monoisotopic (exact) mass is 260 g/mol. The summed E-state index contributed by atoms with van der Waals surface area (Å²) in [6.45, 7) is 1.91. The molecule has 1 aromatic carbocycles. The van der Waals surface area contributed by atoms with Crippen LogP contribution in [0.5, 0.6) is 17.4 Å². The Balaban J connectivity index is 2.39. The molecule has 98 valence electrons. The van der Waals surface area contributed by atoms with Crippen LogP contribution in [0.2, 0.25) is 0 Å². The lowest BCUT2D eigenvalue weighted by atomic mass is 10.2. The van der Waals surface area contributed by atoms with Crippen molar-refractivity contribution >= 4 is 5.97 Å². The molecule has 1 heterocycles. The van der Waals surface area contributed by atoms with E-state index in [1.807, 2.05) is 13.0 Å². The highest BCUT2D eigenvalue weighted by Gasteiger charge is 2.15. The van der Waals surface area contributed by atoms with Crippen LogP contribution in [-0.4, -0.2) is 28.4 Å². The van der Waals surface area contributed by atoms with Crippen LogP contribution in [0.4, 0.5) is 0 Å². The van der Waals surface area contributed by atoms with Crippen molar-refractivity contribution in [1.29, 1.82) is 0 Å². The van der Waals surface area contributed by atoms with Gasteiger partial charge < -0.3 is 14.6 Å². The molecular weight excluding hydrogens is 248 g/mol. The molecule has 0 bridgehead atoms. The average molecular weight is 260 g/mol. The molecule has 0 atom stereocenters. The molecule has 0 unspecified atom stereocenters. The lowest BCUT2D eigenvalue weighted by molar-refractivity contribution is 0.0693. The minimum Gasteiger partial charge on any atom is -0.493 e. The van der Waals surface area contributed by atoms with Gasteiger partial charge in [0, 0.05) is 0 Å². The van der Waals surface area contributed by atoms with Gasteiger partial charge in [-0.15, -0.1) is 5.10 Å². The Bertz CT molecular complexity index is 613. The lowest BCUT2D eigenvalue weighted by Crippen LogP contribution is -2.03. The molecule has 0 amide bonds. The van der Waals surface area contributed by atoms with Crippen LogP contribution in [0.1, 0.15) is 15.9 Å². The van der Waals surface area contributed by atoms with Gasteiger partial charge in [-0.1, -0.05) is 6.07 Å². The van der Waals surface area contributed by atoms with Crippen LogP contribution < -0.4 is 9.47 Å². The van der Waals surface area contributed by atoms with Crippen LogP contribution in [0, 0.1) is 6.92 Å². The number of benzene rings is 1. The second-order valence-corrected chi connectivity index (χ2v) is 3.81. The normalized spacial score (nSPS) is 10.0. The van der Waals surface area contributed by atoms with Crippen molar-refractivity contribution in [3.63, 3.8) is 0 Å². The van der Waals surface area contributed by atoms with Gasteiger partial charge in [-0.25, -0.2) is 4.79 Å². The van der Waals surface area contributed by atoms with E-state index in [1.165, 1.54) is 19.4 Å². The zero-order chi connectivity index (χ0) is 13.8. The summed E-state index contributed by atoms with van der Waals surface area (Å²) < 4.78 is 10.6. The molecule has 0 spiro atoms. The van der Waals surface area contributed by atoms with E-state index in [4.69, 9.17) is 14.6 Å². The molecule has 0 aliphatic rings. The molecule has 0 aliphatic heterocycles. The summed E-state index contributed by atoms with van der Waals surface area (Å²) in [6.07, 6.45) is 1.29. The Kier molecular flexibility index (Phi) is 3.61. The quantitative estimate of drug-likeness (QED) is 0.908. The van der Waals surface area contributed by atoms with Crippen molar-refractivity contribution in [2.45, 2.75) is 6.92 Å². The van der Waals surface area contributed by atoms with Gasteiger partial charge in [0.15, 0.2) is 11.5 Å². The first-order valence-corrected chi connectivity index (χ1v) is 5.49. The molecule has 6 nitrogen and oxygen atoms in total. The minimum atomic E-state index is -1.13. The maximum absolute atomic E-state index is 11.0. The molecule has 2 aromatic rings. The Labute approximate surface area is 109 Å². The standard InChI is InChI=1S/C13H12N2O4/c1-8-3-4-10(11(7-8)18-2)19-12-9(13(16)17)5-6-14-15-12/h3-7H,1-2H3,(H,16,17). The fourth-order valence-corrected chi connectivity index (χ4v) is 1.52.